The summed E-state index contributed by atoms with van der Waals surface area (Å²) in [5, 5.41) is 0. The number of likely N-dealkylation sites (tertiary alicyclic amines) is 1. The number of aromatic amines is 1. The lowest BCUT2D eigenvalue weighted by Gasteiger charge is -2.25. The Hall–Kier alpha value is -2.79. The Labute approximate surface area is 171 Å². The molecule has 2 aromatic heterocycles. The van der Waals surface area contributed by atoms with Crippen molar-refractivity contribution in [2.45, 2.75) is 51.6 Å². The van der Waals surface area contributed by atoms with E-state index in [4.69, 9.17) is 4.98 Å². The van der Waals surface area contributed by atoms with Crippen LogP contribution in [0.15, 0.2) is 59.7 Å². The Morgan fingerprint density at radius 1 is 1.21 bits per heavy atom. The predicted molar refractivity (Wildman–Crippen MR) is 116 cm³/mol. The molecule has 0 amide bonds. The molecule has 3 heterocycles. The van der Waals surface area contributed by atoms with Crippen molar-refractivity contribution in [2.75, 3.05) is 6.54 Å². The number of nitrogens with zero attached hydrogens (tertiary/aromatic N) is 3. The van der Waals surface area contributed by atoms with Crippen molar-refractivity contribution >= 4 is 0 Å². The van der Waals surface area contributed by atoms with Gasteiger partial charge < -0.3 is 4.98 Å². The third kappa shape index (κ3) is 4.80. The average Bonchev–Trinajstić information content (AvgIpc) is 3.15. The maximum atomic E-state index is 12.2. The monoisotopic (exact) mass is 388 g/mol. The Kier molecular flexibility index (Phi) is 6.15. The molecule has 1 N–H and O–H groups in total. The number of pyridine rings is 1. The van der Waals surface area contributed by atoms with Crippen LogP contribution in [-0.4, -0.2) is 32.4 Å². The highest BCUT2D eigenvalue weighted by molar-refractivity contribution is 5.60. The quantitative estimate of drug-likeness (QED) is 0.665. The van der Waals surface area contributed by atoms with E-state index in [0.717, 1.165) is 43.6 Å². The summed E-state index contributed by atoms with van der Waals surface area (Å²) in [7, 11) is 0. The van der Waals surface area contributed by atoms with Crippen molar-refractivity contribution in [1.29, 1.82) is 0 Å². The van der Waals surface area contributed by atoms with E-state index in [2.05, 4.69) is 46.1 Å². The van der Waals surface area contributed by atoms with E-state index in [1.54, 1.807) is 6.07 Å². The molecule has 1 aliphatic rings. The van der Waals surface area contributed by atoms with Gasteiger partial charge in [0.2, 0.25) is 0 Å². The van der Waals surface area contributed by atoms with E-state index in [0.29, 0.717) is 11.9 Å². The molecule has 3 aromatic rings. The van der Waals surface area contributed by atoms with Gasteiger partial charge in [-0.25, -0.2) is 4.98 Å². The molecule has 1 atom stereocenters. The second-order valence-electron chi connectivity index (χ2n) is 7.82. The first kappa shape index (κ1) is 19.5. The van der Waals surface area contributed by atoms with Gasteiger partial charge in [-0.15, -0.1) is 0 Å². The van der Waals surface area contributed by atoms with Crippen LogP contribution in [0.3, 0.4) is 0 Å². The highest BCUT2D eigenvalue weighted by Gasteiger charge is 2.25. The van der Waals surface area contributed by atoms with Gasteiger partial charge in [-0.3, -0.25) is 14.7 Å². The lowest BCUT2D eigenvalue weighted by atomic mass is 10.0. The average molecular weight is 389 g/mol. The fourth-order valence-electron chi connectivity index (χ4n) is 4.25. The maximum absolute atomic E-state index is 12.2. The minimum absolute atomic E-state index is 0.0797. The molecule has 5 heteroatoms. The molecule has 0 spiro atoms. The summed E-state index contributed by atoms with van der Waals surface area (Å²) in [4.78, 5) is 26.7. The molecule has 4 rings (SSSR count). The van der Waals surface area contributed by atoms with E-state index < -0.39 is 0 Å². The third-order valence-electron chi connectivity index (χ3n) is 5.64. The van der Waals surface area contributed by atoms with Crippen molar-refractivity contribution < 1.29 is 0 Å². The van der Waals surface area contributed by atoms with Crippen LogP contribution in [0.4, 0.5) is 0 Å². The number of aryl methyl sites for hydroxylation is 1. The fourth-order valence-corrected chi connectivity index (χ4v) is 4.25. The van der Waals surface area contributed by atoms with Crippen LogP contribution in [0.1, 0.15) is 43.0 Å². The van der Waals surface area contributed by atoms with Gasteiger partial charge in [-0.05, 0) is 49.4 Å². The molecular formula is C24H28N4O. The zero-order valence-electron chi connectivity index (χ0n) is 17.0. The summed E-state index contributed by atoms with van der Waals surface area (Å²) >= 11 is 0. The largest absolute Gasteiger partial charge is 0.307 e. The molecule has 0 radical (unpaired) electrons. The summed E-state index contributed by atoms with van der Waals surface area (Å²) in [6.45, 7) is 4.06. The lowest BCUT2D eigenvalue weighted by Crippen LogP contribution is -2.31. The molecule has 150 valence electrons. The van der Waals surface area contributed by atoms with Crippen molar-refractivity contribution in [3.05, 3.63) is 82.0 Å². The van der Waals surface area contributed by atoms with Gasteiger partial charge in [0.05, 0.1) is 0 Å². The molecule has 1 saturated heterocycles. The maximum Gasteiger partial charge on any atom is 0.251 e. The summed E-state index contributed by atoms with van der Waals surface area (Å²) < 4.78 is 0. The topological polar surface area (TPSA) is 61.9 Å². The second-order valence-corrected chi connectivity index (χ2v) is 7.82. The minimum Gasteiger partial charge on any atom is -0.307 e. The highest BCUT2D eigenvalue weighted by atomic mass is 16.1. The zero-order valence-corrected chi connectivity index (χ0v) is 17.0. The number of hydrogen-bond donors (Lipinski definition) is 1. The molecular weight excluding hydrogens is 360 g/mol. The third-order valence-corrected chi connectivity index (χ3v) is 5.64. The molecule has 0 bridgehead atoms. The Morgan fingerprint density at radius 2 is 2.10 bits per heavy atom. The first-order valence-corrected chi connectivity index (χ1v) is 10.5. The smallest absolute Gasteiger partial charge is 0.251 e. The molecule has 29 heavy (non-hydrogen) atoms. The standard InChI is InChI=1S/C24H28N4O/c1-2-7-20-15-23(29)27-24(26-20)22-11-4-3-9-19(22)17-28-13-6-10-21(28)14-18-8-5-12-25-16-18/h3-5,8-9,11-12,15-16,21H,2,6-7,10,13-14,17H2,1H3,(H,26,27,29). The summed E-state index contributed by atoms with van der Waals surface area (Å²) in [6, 6.07) is 14.6. The van der Waals surface area contributed by atoms with Gasteiger partial charge in [0, 0.05) is 42.3 Å². The lowest BCUT2D eigenvalue weighted by molar-refractivity contribution is 0.244. The number of rotatable bonds is 7. The zero-order chi connectivity index (χ0) is 20.1. The molecule has 0 aliphatic carbocycles. The highest BCUT2D eigenvalue weighted by Crippen LogP contribution is 2.27. The Bertz CT molecular complexity index is 999. The number of H-pyrrole nitrogens is 1. The molecule has 1 aliphatic heterocycles. The van der Waals surface area contributed by atoms with Crippen LogP contribution >= 0.6 is 0 Å². The van der Waals surface area contributed by atoms with E-state index in [9.17, 15) is 4.79 Å². The van der Waals surface area contributed by atoms with Crippen LogP contribution in [0.5, 0.6) is 0 Å². The molecule has 5 nitrogen and oxygen atoms in total. The van der Waals surface area contributed by atoms with Crippen molar-refractivity contribution in [1.82, 2.24) is 19.9 Å². The van der Waals surface area contributed by atoms with E-state index in [-0.39, 0.29) is 5.56 Å². The van der Waals surface area contributed by atoms with Gasteiger partial charge in [-0.2, -0.15) is 0 Å². The van der Waals surface area contributed by atoms with Crippen LogP contribution in [0.2, 0.25) is 0 Å². The van der Waals surface area contributed by atoms with E-state index >= 15 is 0 Å². The molecule has 1 fully saturated rings. The second kappa shape index (κ2) is 9.14. The summed E-state index contributed by atoms with van der Waals surface area (Å²) in [6.07, 6.45) is 9.04. The van der Waals surface area contributed by atoms with Crippen molar-refractivity contribution in [3.63, 3.8) is 0 Å². The number of nitrogens with one attached hydrogen (secondary N) is 1. The molecule has 0 saturated carbocycles. The van der Waals surface area contributed by atoms with E-state index in [1.165, 1.54) is 24.0 Å². The predicted octanol–water partition coefficient (Wildman–Crippen LogP) is 3.99. The van der Waals surface area contributed by atoms with Gasteiger partial charge in [0.15, 0.2) is 0 Å². The Balaban J connectivity index is 1.58. The SMILES string of the molecule is CCCc1cc(=O)[nH]c(-c2ccccc2CN2CCCC2Cc2cccnc2)n1. The normalized spacial score (nSPS) is 16.9. The van der Waals surface area contributed by atoms with E-state index in [1.807, 2.05) is 24.5 Å². The Morgan fingerprint density at radius 3 is 2.93 bits per heavy atom. The fraction of sp³-hybridized carbons (Fsp3) is 0.375. The number of hydrogen-bond acceptors (Lipinski definition) is 4. The summed E-state index contributed by atoms with van der Waals surface area (Å²) in [5.41, 5.74) is 4.30. The van der Waals surface area contributed by atoms with Crippen LogP contribution in [-0.2, 0) is 19.4 Å². The number of aromatic nitrogens is 3. The van der Waals surface area contributed by atoms with Crippen LogP contribution < -0.4 is 5.56 Å². The van der Waals surface area contributed by atoms with Crippen LogP contribution in [0.25, 0.3) is 11.4 Å². The van der Waals surface area contributed by atoms with Crippen molar-refractivity contribution in [3.8, 4) is 11.4 Å². The van der Waals surface area contributed by atoms with Gasteiger partial charge in [-0.1, -0.05) is 43.7 Å². The van der Waals surface area contributed by atoms with Gasteiger partial charge in [0.25, 0.3) is 5.56 Å². The first-order chi connectivity index (χ1) is 14.2. The summed E-state index contributed by atoms with van der Waals surface area (Å²) in [5.74, 6) is 0.680. The van der Waals surface area contributed by atoms with Gasteiger partial charge >= 0.3 is 0 Å². The molecule has 1 aromatic carbocycles. The first-order valence-electron chi connectivity index (χ1n) is 10.5. The van der Waals surface area contributed by atoms with Crippen molar-refractivity contribution in [2.24, 2.45) is 0 Å². The number of benzene rings is 1. The minimum atomic E-state index is -0.0797. The molecule has 1 unspecified atom stereocenters. The van der Waals surface area contributed by atoms with Gasteiger partial charge in [0.1, 0.15) is 5.82 Å². The van der Waals surface area contributed by atoms with Crippen LogP contribution in [0, 0.1) is 0 Å².